The average Bonchev–Trinajstić information content (AvgIpc) is 2.90. The third kappa shape index (κ3) is 3.95. The summed E-state index contributed by atoms with van der Waals surface area (Å²) in [5, 5.41) is 0. The third-order valence-electron chi connectivity index (χ3n) is 3.61. The minimum Gasteiger partial charge on any atom is -0.416 e. The van der Waals surface area contributed by atoms with Crippen LogP contribution in [0.4, 0.5) is 0 Å². The van der Waals surface area contributed by atoms with Crippen LogP contribution in [0.1, 0.15) is 6.42 Å². The van der Waals surface area contributed by atoms with E-state index in [1.165, 1.54) is 0 Å². The minimum absolute atomic E-state index is 0.0119. The van der Waals surface area contributed by atoms with E-state index in [9.17, 15) is 13.0 Å². The fourth-order valence-corrected chi connectivity index (χ4v) is 7.21. The average molecular weight is 352 g/mol. The Kier molecular flexibility index (Phi) is 4.46. The van der Waals surface area contributed by atoms with Gasteiger partial charge in [-0.1, -0.05) is 36.4 Å². The van der Waals surface area contributed by atoms with Gasteiger partial charge in [-0.2, -0.15) is 0 Å². The van der Waals surface area contributed by atoms with Crippen LogP contribution in [0.2, 0.25) is 0 Å². The van der Waals surface area contributed by atoms with Crippen LogP contribution in [0.15, 0.2) is 60.7 Å². The molecule has 1 atom stereocenters. The summed E-state index contributed by atoms with van der Waals surface area (Å²) in [7, 11) is -6.87. The number of hydrogen-bond acceptors (Lipinski definition) is 5. The third-order valence-corrected chi connectivity index (χ3v) is 7.89. The lowest BCUT2D eigenvalue weighted by Gasteiger charge is -2.24. The largest absolute Gasteiger partial charge is 0.434 e. The Morgan fingerprint density at radius 1 is 0.870 bits per heavy atom. The first kappa shape index (κ1) is 16.1. The zero-order valence-electron chi connectivity index (χ0n) is 12.4. The predicted molar refractivity (Wildman–Crippen MR) is 88.8 cm³/mol. The molecule has 0 amide bonds. The molecule has 1 heterocycles. The van der Waals surface area contributed by atoms with Crippen molar-refractivity contribution in [2.24, 2.45) is 0 Å². The molecule has 2 aromatic rings. The maximum absolute atomic E-state index is 13.3. The first-order valence-electron chi connectivity index (χ1n) is 7.26. The van der Waals surface area contributed by atoms with E-state index in [-0.39, 0.29) is 17.9 Å². The monoisotopic (exact) mass is 352 g/mol. The number of para-hydroxylation sites is 2. The molecule has 1 saturated heterocycles. The molecular formula is C16H17O5PS. The molecule has 1 aliphatic rings. The SMILES string of the molecule is O=P(Oc1ccccc1)(Oc1ccccc1)[C@@H]1CCS(=O)(=O)C1. The summed E-state index contributed by atoms with van der Waals surface area (Å²) >= 11 is 0. The zero-order valence-corrected chi connectivity index (χ0v) is 14.1. The van der Waals surface area contributed by atoms with Crippen molar-refractivity contribution in [2.75, 3.05) is 11.5 Å². The maximum Gasteiger partial charge on any atom is 0.434 e. The van der Waals surface area contributed by atoms with E-state index in [4.69, 9.17) is 9.05 Å². The first-order valence-corrected chi connectivity index (χ1v) is 10.7. The summed E-state index contributed by atoms with van der Waals surface area (Å²) in [5.41, 5.74) is -0.659. The molecule has 3 rings (SSSR count). The van der Waals surface area contributed by atoms with Crippen LogP contribution in [0.5, 0.6) is 11.5 Å². The van der Waals surface area contributed by atoms with Gasteiger partial charge in [0.1, 0.15) is 11.5 Å². The summed E-state index contributed by atoms with van der Waals surface area (Å²) in [5.74, 6) is 0.633. The van der Waals surface area contributed by atoms with Gasteiger partial charge in [0, 0.05) is 0 Å². The Morgan fingerprint density at radius 3 is 1.74 bits per heavy atom. The van der Waals surface area contributed by atoms with Crippen LogP contribution in [-0.2, 0) is 14.4 Å². The Hall–Kier alpha value is -1.78. The van der Waals surface area contributed by atoms with Gasteiger partial charge in [0.05, 0.1) is 17.2 Å². The summed E-state index contributed by atoms with van der Waals surface area (Å²) in [6, 6.07) is 17.3. The molecule has 2 aromatic carbocycles. The standard InChI is InChI=1S/C16H17O5PS/c17-22(16-11-12-23(18,19)13-16,20-14-7-3-1-4-8-14)21-15-9-5-2-6-10-15/h1-10,16H,11-13H2/t16-/m1/s1. The number of hydrogen-bond donors (Lipinski definition) is 0. The Labute approximate surface area is 135 Å². The van der Waals surface area contributed by atoms with Crippen molar-refractivity contribution in [1.82, 2.24) is 0 Å². The molecule has 0 radical (unpaired) electrons. The van der Waals surface area contributed by atoms with E-state index in [0.717, 1.165) is 0 Å². The van der Waals surface area contributed by atoms with E-state index in [0.29, 0.717) is 11.5 Å². The second-order valence-electron chi connectivity index (χ2n) is 5.41. The molecule has 0 bridgehead atoms. The molecule has 0 N–H and O–H groups in total. The highest BCUT2D eigenvalue weighted by Gasteiger charge is 2.46. The van der Waals surface area contributed by atoms with Gasteiger partial charge in [-0.25, -0.2) is 13.0 Å². The molecule has 0 unspecified atom stereocenters. The second-order valence-corrected chi connectivity index (χ2v) is 9.81. The highest BCUT2D eigenvalue weighted by Crippen LogP contribution is 2.55. The molecule has 1 fully saturated rings. The van der Waals surface area contributed by atoms with E-state index in [2.05, 4.69) is 0 Å². The van der Waals surface area contributed by atoms with E-state index in [1.54, 1.807) is 48.5 Å². The highest BCUT2D eigenvalue weighted by atomic mass is 32.2. The van der Waals surface area contributed by atoms with Crippen molar-refractivity contribution >= 4 is 17.4 Å². The van der Waals surface area contributed by atoms with Gasteiger partial charge in [0.2, 0.25) is 0 Å². The lowest BCUT2D eigenvalue weighted by atomic mass is 10.3. The van der Waals surface area contributed by atoms with Gasteiger partial charge in [-0.3, -0.25) is 0 Å². The van der Waals surface area contributed by atoms with Gasteiger partial charge >= 0.3 is 7.60 Å². The fraction of sp³-hybridized carbons (Fsp3) is 0.250. The predicted octanol–water partition coefficient (Wildman–Crippen LogP) is 3.52. The molecule has 122 valence electrons. The lowest BCUT2D eigenvalue weighted by Crippen LogP contribution is -2.18. The van der Waals surface area contributed by atoms with Crippen molar-refractivity contribution in [2.45, 2.75) is 12.1 Å². The van der Waals surface area contributed by atoms with Crippen LogP contribution in [0.3, 0.4) is 0 Å². The lowest BCUT2D eigenvalue weighted by molar-refractivity contribution is 0.374. The van der Waals surface area contributed by atoms with E-state index in [1.807, 2.05) is 12.1 Å². The summed E-state index contributed by atoms with van der Waals surface area (Å²) in [6.07, 6.45) is 0.277. The van der Waals surface area contributed by atoms with Crippen molar-refractivity contribution in [3.05, 3.63) is 60.7 Å². The summed E-state index contributed by atoms with van der Waals surface area (Å²) in [4.78, 5) is 0. The Balaban J connectivity index is 1.91. The van der Waals surface area contributed by atoms with Crippen LogP contribution in [0, 0.1) is 0 Å². The quantitative estimate of drug-likeness (QED) is 0.770. The fourth-order valence-electron chi connectivity index (χ4n) is 2.45. The van der Waals surface area contributed by atoms with Crippen molar-refractivity contribution in [3.8, 4) is 11.5 Å². The van der Waals surface area contributed by atoms with Crippen LogP contribution in [-0.4, -0.2) is 25.6 Å². The highest BCUT2D eigenvalue weighted by molar-refractivity contribution is 7.92. The number of benzene rings is 2. The van der Waals surface area contributed by atoms with Crippen molar-refractivity contribution in [1.29, 1.82) is 0 Å². The van der Waals surface area contributed by atoms with E-state index < -0.39 is 23.1 Å². The molecule has 7 heteroatoms. The van der Waals surface area contributed by atoms with Crippen molar-refractivity contribution in [3.63, 3.8) is 0 Å². The smallest absolute Gasteiger partial charge is 0.416 e. The van der Waals surface area contributed by atoms with Crippen LogP contribution >= 0.6 is 7.60 Å². The topological polar surface area (TPSA) is 69.7 Å². The molecular weight excluding hydrogens is 335 g/mol. The molecule has 1 aliphatic heterocycles. The van der Waals surface area contributed by atoms with Gasteiger partial charge in [-0.15, -0.1) is 0 Å². The normalized spacial score (nSPS) is 20.1. The molecule has 0 aliphatic carbocycles. The molecule has 0 aromatic heterocycles. The minimum atomic E-state index is -3.67. The van der Waals surface area contributed by atoms with Gasteiger partial charge < -0.3 is 9.05 Å². The number of sulfone groups is 1. The molecule has 23 heavy (non-hydrogen) atoms. The Morgan fingerprint density at radius 2 is 1.35 bits per heavy atom. The van der Waals surface area contributed by atoms with Crippen LogP contribution < -0.4 is 9.05 Å². The Bertz CT molecular complexity index is 759. The van der Waals surface area contributed by atoms with Crippen molar-refractivity contribution < 1.29 is 22.0 Å². The van der Waals surface area contributed by atoms with E-state index >= 15 is 0 Å². The molecule has 5 nitrogen and oxygen atoms in total. The summed E-state index contributed by atoms with van der Waals surface area (Å²) < 4.78 is 48.2. The maximum atomic E-state index is 13.3. The first-order chi connectivity index (χ1) is 11.0. The molecule has 0 saturated carbocycles. The van der Waals surface area contributed by atoms with Gasteiger partial charge in [0.15, 0.2) is 9.84 Å². The second kappa shape index (κ2) is 6.38. The number of rotatable bonds is 5. The van der Waals surface area contributed by atoms with Crippen LogP contribution in [0.25, 0.3) is 0 Å². The summed E-state index contributed by atoms with van der Waals surface area (Å²) in [6.45, 7) is 0. The molecule has 0 spiro atoms. The zero-order chi connectivity index (χ0) is 16.3. The van der Waals surface area contributed by atoms with Gasteiger partial charge in [0.25, 0.3) is 0 Å². The van der Waals surface area contributed by atoms with Gasteiger partial charge in [-0.05, 0) is 30.7 Å².